The average Bonchev–Trinajstić information content (AvgIpc) is 3.05. The van der Waals surface area contributed by atoms with Crippen LogP contribution in [-0.2, 0) is 19.6 Å². The SMILES string of the molecule is CNC(=O)CCC(=O)Nc1ccc(S(=O)(=O)Nc2nccs2)cc1. The van der Waals surface area contributed by atoms with Gasteiger partial charge in [-0.3, -0.25) is 14.3 Å². The molecule has 0 aliphatic heterocycles. The Bertz CT molecular complexity index is 802. The summed E-state index contributed by atoms with van der Waals surface area (Å²) in [6.07, 6.45) is 1.64. The summed E-state index contributed by atoms with van der Waals surface area (Å²) >= 11 is 1.17. The molecule has 0 saturated carbocycles. The number of hydrogen-bond donors (Lipinski definition) is 3. The lowest BCUT2D eigenvalue weighted by Gasteiger charge is -2.08. The lowest BCUT2D eigenvalue weighted by molar-refractivity contribution is -0.124. The Kier molecular flexibility index (Phi) is 5.88. The highest BCUT2D eigenvalue weighted by atomic mass is 32.2. The van der Waals surface area contributed by atoms with Crippen molar-refractivity contribution in [2.45, 2.75) is 17.7 Å². The smallest absolute Gasteiger partial charge is 0.263 e. The molecule has 8 nitrogen and oxygen atoms in total. The molecular weight excluding hydrogens is 352 g/mol. The largest absolute Gasteiger partial charge is 0.359 e. The van der Waals surface area contributed by atoms with E-state index in [1.807, 2.05) is 0 Å². The number of rotatable bonds is 7. The highest BCUT2D eigenvalue weighted by molar-refractivity contribution is 7.93. The number of amides is 2. The molecular formula is C14H16N4O4S2. The molecule has 0 bridgehead atoms. The number of benzene rings is 1. The van der Waals surface area contributed by atoms with Crippen LogP contribution in [-0.4, -0.2) is 32.3 Å². The van der Waals surface area contributed by atoms with Gasteiger partial charge in [0.1, 0.15) is 0 Å². The van der Waals surface area contributed by atoms with E-state index in [0.717, 1.165) is 0 Å². The normalized spacial score (nSPS) is 10.9. The zero-order chi connectivity index (χ0) is 17.6. The zero-order valence-electron chi connectivity index (χ0n) is 12.8. The molecule has 0 saturated heterocycles. The van der Waals surface area contributed by atoms with Crippen LogP contribution in [0.15, 0.2) is 40.7 Å². The predicted octanol–water partition coefficient (Wildman–Crippen LogP) is 1.41. The Labute approximate surface area is 143 Å². The molecule has 2 rings (SSSR count). The van der Waals surface area contributed by atoms with E-state index in [-0.39, 0.29) is 34.7 Å². The number of thiazole rings is 1. The van der Waals surface area contributed by atoms with Gasteiger partial charge >= 0.3 is 0 Å². The van der Waals surface area contributed by atoms with Crippen molar-refractivity contribution in [3.8, 4) is 0 Å². The second-order valence-electron chi connectivity index (χ2n) is 4.69. The van der Waals surface area contributed by atoms with Crippen molar-refractivity contribution in [1.82, 2.24) is 10.3 Å². The molecule has 2 aromatic rings. The van der Waals surface area contributed by atoms with Crippen LogP contribution < -0.4 is 15.4 Å². The molecule has 0 radical (unpaired) electrons. The van der Waals surface area contributed by atoms with Crippen molar-refractivity contribution in [2.24, 2.45) is 0 Å². The van der Waals surface area contributed by atoms with Crippen LogP contribution in [0.1, 0.15) is 12.8 Å². The van der Waals surface area contributed by atoms with Crippen molar-refractivity contribution in [3.63, 3.8) is 0 Å². The van der Waals surface area contributed by atoms with E-state index in [4.69, 9.17) is 0 Å². The van der Waals surface area contributed by atoms with Crippen molar-refractivity contribution < 1.29 is 18.0 Å². The van der Waals surface area contributed by atoms with E-state index in [2.05, 4.69) is 20.3 Å². The first-order chi connectivity index (χ1) is 11.4. The van der Waals surface area contributed by atoms with E-state index < -0.39 is 10.0 Å². The van der Waals surface area contributed by atoms with Crippen LogP contribution >= 0.6 is 11.3 Å². The predicted molar refractivity (Wildman–Crippen MR) is 91.3 cm³/mol. The maximum absolute atomic E-state index is 12.2. The van der Waals surface area contributed by atoms with Gasteiger partial charge in [-0.25, -0.2) is 13.4 Å². The lowest BCUT2D eigenvalue weighted by atomic mass is 10.2. The summed E-state index contributed by atoms with van der Waals surface area (Å²) in [5.41, 5.74) is 0.449. The van der Waals surface area contributed by atoms with Gasteiger partial charge in [-0.1, -0.05) is 0 Å². The van der Waals surface area contributed by atoms with Crippen LogP contribution in [0.25, 0.3) is 0 Å². The number of sulfonamides is 1. The molecule has 3 N–H and O–H groups in total. The molecule has 2 amide bonds. The van der Waals surface area contributed by atoms with Crippen molar-refractivity contribution >= 4 is 44.0 Å². The Morgan fingerprint density at radius 3 is 2.38 bits per heavy atom. The first-order valence-corrected chi connectivity index (χ1v) is 9.30. The quantitative estimate of drug-likeness (QED) is 0.683. The Morgan fingerprint density at radius 2 is 1.79 bits per heavy atom. The van der Waals surface area contributed by atoms with Gasteiger partial charge in [-0.15, -0.1) is 11.3 Å². The minimum atomic E-state index is -3.72. The topological polar surface area (TPSA) is 117 Å². The van der Waals surface area contributed by atoms with Crippen molar-refractivity contribution in [2.75, 3.05) is 17.1 Å². The Morgan fingerprint density at radius 1 is 1.12 bits per heavy atom. The van der Waals surface area contributed by atoms with Crippen LogP contribution in [0.2, 0.25) is 0 Å². The number of anilines is 2. The summed E-state index contributed by atoms with van der Waals surface area (Å²) in [6, 6.07) is 5.72. The minimum Gasteiger partial charge on any atom is -0.359 e. The molecule has 10 heteroatoms. The second-order valence-corrected chi connectivity index (χ2v) is 7.27. The van der Waals surface area contributed by atoms with Gasteiger partial charge in [0.05, 0.1) is 4.90 Å². The van der Waals surface area contributed by atoms with Crippen LogP contribution in [0.3, 0.4) is 0 Å². The Balaban J connectivity index is 1.97. The molecule has 1 heterocycles. The molecule has 0 atom stereocenters. The van der Waals surface area contributed by atoms with Gasteiger partial charge in [-0.2, -0.15) is 0 Å². The average molecular weight is 368 g/mol. The summed E-state index contributed by atoms with van der Waals surface area (Å²) in [5, 5.41) is 6.97. The summed E-state index contributed by atoms with van der Waals surface area (Å²) in [7, 11) is -2.22. The third-order valence-electron chi connectivity index (χ3n) is 2.96. The summed E-state index contributed by atoms with van der Waals surface area (Å²) in [5.74, 6) is -0.546. The van der Waals surface area contributed by atoms with Crippen LogP contribution in [0.4, 0.5) is 10.8 Å². The fourth-order valence-corrected chi connectivity index (χ4v) is 3.53. The van der Waals surface area contributed by atoms with Crippen LogP contribution in [0, 0.1) is 0 Å². The van der Waals surface area contributed by atoms with Gasteiger partial charge in [-0.05, 0) is 24.3 Å². The molecule has 1 aromatic heterocycles. The van der Waals surface area contributed by atoms with E-state index >= 15 is 0 Å². The molecule has 0 aliphatic carbocycles. The lowest BCUT2D eigenvalue weighted by Crippen LogP contribution is -2.20. The summed E-state index contributed by atoms with van der Waals surface area (Å²) < 4.78 is 26.7. The van der Waals surface area contributed by atoms with Gasteiger partial charge in [0.2, 0.25) is 11.8 Å². The number of carbonyl (C=O) groups is 2. The Hall–Kier alpha value is -2.46. The molecule has 0 fully saturated rings. The van der Waals surface area contributed by atoms with E-state index in [1.165, 1.54) is 48.8 Å². The fourth-order valence-electron chi connectivity index (χ4n) is 1.74. The number of aromatic nitrogens is 1. The molecule has 1 aromatic carbocycles. The minimum absolute atomic E-state index is 0.0470. The standard InChI is InChI=1S/C14H16N4O4S2/c1-15-12(19)6-7-13(20)17-10-2-4-11(5-3-10)24(21,22)18-14-16-8-9-23-14/h2-5,8-9H,6-7H2,1H3,(H,15,19)(H,16,18)(H,17,20). The monoisotopic (exact) mass is 368 g/mol. The molecule has 128 valence electrons. The number of carbonyl (C=O) groups excluding carboxylic acids is 2. The van der Waals surface area contributed by atoms with E-state index in [9.17, 15) is 18.0 Å². The van der Waals surface area contributed by atoms with Gasteiger partial charge in [0.25, 0.3) is 10.0 Å². The first kappa shape index (κ1) is 17.9. The zero-order valence-corrected chi connectivity index (χ0v) is 14.4. The number of nitrogens with zero attached hydrogens (tertiary/aromatic N) is 1. The fraction of sp³-hybridized carbons (Fsp3) is 0.214. The van der Waals surface area contributed by atoms with Crippen molar-refractivity contribution in [1.29, 1.82) is 0 Å². The highest BCUT2D eigenvalue weighted by Crippen LogP contribution is 2.19. The van der Waals surface area contributed by atoms with Crippen molar-refractivity contribution in [3.05, 3.63) is 35.8 Å². The van der Waals surface area contributed by atoms with E-state index in [1.54, 1.807) is 5.38 Å². The molecule has 24 heavy (non-hydrogen) atoms. The third kappa shape index (κ3) is 5.03. The highest BCUT2D eigenvalue weighted by Gasteiger charge is 2.15. The summed E-state index contributed by atoms with van der Waals surface area (Å²) in [6.45, 7) is 0. The first-order valence-electron chi connectivity index (χ1n) is 6.93. The second kappa shape index (κ2) is 7.88. The van der Waals surface area contributed by atoms with E-state index in [0.29, 0.717) is 5.69 Å². The number of hydrogen-bond acceptors (Lipinski definition) is 6. The maximum Gasteiger partial charge on any atom is 0.263 e. The molecule has 0 aliphatic rings. The summed E-state index contributed by atoms with van der Waals surface area (Å²) in [4.78, 5) is 26.7. The third-order valence-corrected chi connectivity index (χ3v) is 5.13. The van der Waals surface area contributed by atoms with Gasteiger partial charge in [0, 0.05) is 37.2 Å². The maximum atomic E-state index is 12.2. The van der Waals surface area contributed by atoms with Gasteiger partial charge < -0.3 is 10.6 Å². The number of nitrogens with one attached hydrogen (secondary N) is 3. The molecule has 0 unspecified atom stereocenters. The molecule has 0 spiro atoms. The van der Waals surface area contributed by atoms with Crippen LogP contribution in [0.5, 0.6) is 0 Å². The van der Waals surface area contributed by atoms with Gasteiger partial charge in [0.15, 0.2) is 5.13 Å².